The lowest BCUT2D eigenvalue weighted by molar-refractivity contribution is -0.0620. The number of fused-ring (bicyclic) bond motifs is 1. The second kappa shape index (κ2) is 7.01. The van der Waals surface area contributed by atoms with E-state index in [-0.39, 0.29) is 30.3 Å². The van der Waals surface area contributed by atoms with Crippen molar-refractivity contribution >= 4 is 17.1 Å². The minimum Gasteiger partial charge on any atom is -0.492 e. The summed E-state index contributed by atoms with van der Waals surface area (Å²) < 4.78 is 12.2. The van der Waals surface area contributed by atoms with Gasteiger partial charge < -0.3 is 24.8 Å². The van der Waals surface area contributed by atoms with Gasteiger partial charge in [0.25, 0.3) is 0 Å². The summed E-state index contributed by atoms with van der Waals surface area (Å²) in [5.41, 5.74) is 8.60. The third-order valence-electron chi connectivity index (χ3n) is 3.65. The van der Waals surface area contributed by atoms with Crippen molar-refractivity contribution in [2.45, 2.75) is 24.5 Å². The lowest BCUT2D eigenvalue weighted by atomic mass is 10.1. The molecule has 2 aromatic rings. The maximum absolute atomic E-state index is 10.3. The molecular formula is C13H15N7O5. The zero-order valence-electron chi connectivity index (χ0n) is 12.9. The minimum atomic E-state index is -1.28. The summed E-state index contributed by atoms with van der Waals surface area (Å²) in [5, 5.41) is 33.5. The molecular weight excluding hydrogens is 334 g/mol. The van der Waals surface area contributed by atoms with Crippen LogP contribution in [0.1, 0.15) is 6.23 Å². The Morgan fingerprint density at radius 3 is 2.96 bits per heavy atom. The second-order valence-electron chi connectivity index (χ2n) is 5.23. The molecule has 0 amide bonds. The van der Waals surface area contributed by atoms with Crippen molar-refractivity contribution in [2.24, 2.45) is 5.11 Å². The van der Waals surface area contributed by atoms with E-state index in [4.69, 9.17) is 15.0 Å². The van der Waals surface area contributed by atoms with E-state index in [0.717, 1.165) is 0 Å². The lowest BCUT2D eigenvalue weighted by Crippen LogP contribution is -2.33. The molecule has 0 radical (unpaired) electrons. The van der Waals surface area contributed by atoms with Crippen LogP contribution in [0, 0.1) is 0 Å². The molecule has 1 aliphatic rings. The van der Waals surface area contributed by atoms with Gasteiger partial charge in [0, 0.05) is 4.91 Å². The number of ether oxygens (including phenoxy) is 2. The van der Waals surface area contributed by atoms with Crippen LogP contribution in [0.2, 0.25) is 0 Å². The maximum Gasteiger partial charge on any atom is 0.243 e. The quantitative estimate of drug-likeness (QED) is 0.219. The molecule has 1 fully saturated rings. The van der Waals surface area contributed by atoms with E-state index < -0.39 is 30.4 Å². The van der Waals surface area contributed by atoms with Gasteiger partial charge in [-0.3, -0.25) is 4.57 Å². The van der Waals surface area contributed by atoms with Crippen LogP contribution in [0.5, 0.6) is 5.88 Å². The highest BCUT2D eigenvalue weighted by Gasteiger charge is 2.44. The molecule has 12 nitrogen and oxygen atoms in total. The Morgan fingerprint density at radius 2 is 2.24 bits per heavy atom. The van der Waals surface area contributed by atoms with Gasteiger partial charge in [0.15, 0.2) is 17.4 Å². The highest BCUT2D eigenvalue weighted by atomic mass is 16.6. The molecule has 0 aliphatic carbocycles. The molecule has 3 rings (SSSR count). The Bertz CT molecular complexity index is 834. The van der Waals surface area contributed by atoms with Crippen LogP contribution < -0.4 is 0 Å². The first-order valence-electron chi connectivity index (χ1n) is 7.25. The molecule has 3 N–H and O–H groups in total. The van der Waals surface area contributed by atoms with Crippen molar-refractivity contribution in [1.82, 2.24) is 19.5 Å². The predicted molar refractivity (Wildman–Crippen MR) is 82.7 cm³/mol. The number of aromatic nitrogens is 4. The summed E-state index contributed by atoms with van der Waals surface area (Å²) in [5.74, 6) is -0.793. The number of imidazole rings is 1. The molecule has 4 atom stereocenters. The fourth-order valence-electron chi connectivity index (χ4n) is 2.53. The molecule has 132 valence electrons. The van der Waals surface area contributed by atoms with Crippen molar-refractivity contribution in [3.8, 4) is 5.88 Å². The third kappa shape index (κ3) is 3.12. The monoisotopic (exact) mass is 349 g/mol. The number of aliphatic hydroxyl groups is 2. The Kier molecular flexibility index (Phi) is 4.79. The molecule has 1 saturated heterocycles. The van der Waals surface area contributed by atoms with E-state index in [1.165, 1.54) is 10.9 Å². The average Bonchev–Trinajstić information content (AvgIpc) is 3.12. The van der Waals surface area contributed by atoms with Crippen LogP contribution in [-0.4, -0.2) is 66.4 Å². The highest BCUT2D eigenvalue weighted by Crippen LogP contribution is 2.33. The molecule has 25 heavy (non-hydrogen) atoms. The summed E-state index contributed by atoms with van der Waals surface area (Å²) in [6, 6.07) is 0. The summed E-state index contributed by atoms with van der Waals surface area (Å²) >= 11 is 0. The maximum atomic E-state index is 10.3. The third-order valence-corrected chi connectivity index (χ3v) is 3.65. The molecule has 1 aliphatic heterocycles. The van der Waals surface area contributed by atoms with Gasteiger partial charge in [-0.1, -0.05) is 6.08 Å². The number of hydrogen-bond donors (Lipinski definition) is 3. The molecule has 12 heteroatoms. The predicted octanol–water partition coefficient (Wildman–Crippen LogP) is 0.296. The Balaban J connectivity index is 1.93. The standard InChI is InChI=1S/C13H15N7O5/c1-2-3-24-4-6-8(21)9(22)12(25-6)20-5-15-7-10(20)16-13(18-19-14)17-11(7)23/h2,5-6,8-9,12,21-22H,1,3-4H2,(H,16,17,23)/t6-,8-,9-,12-/m1/s1. The normalized spacial score (nSPS) is 25.8. The molecule has 0 aromatic carbocycles. The average molecular weight is 349 g/mol. The van der Waals surface area contributed by atoms with Gasteiger partial charge in [-0.2, -0.15) is 4.98 Å². The van der Waals surface area contributed by atoms with Gasteiger partial charge in [-0.25, -0.2) is 9.97 Å². The molecule has 2 aromatic heterocycles. The van der Waals surface area contributed by atoms with Crippen molar-refractivity contribution in [3.05, 3.63) is 29.4 Å². The Labute approximate surface area is 140 Å². The molecule has 0 spiro atoms. The number of aliphatic hydroxyl groups excluding tert-OH is 2. The first-order chi connectivity index (χ1) is 12.1. The minimum absolute atomic E-state index is 0.0357. The zero-order chi connectivity index (χ0) is 18.0. The topological polar surface area (TPSA) is 172 Å². The van der Waals surface area contributed by atoms with Gasteiger partial charge >= 0.3 is 0 Å². The van der Waals surface area contributed by atoms with Gasteiger partial charge in [0.2, 0.25) is 11.8 Å². The summed E-state index contributed by atoms with van der Waals surface area (Å²) in [6.45, 7) is 3.85. The van der Waals surface area contributed by atoms with Gasteiger partial charge in [-0.05, 0) is 10.6 Å². The van der Waals surface area contributed by atoms with Crippen molar-refractivity contribution < 1.29 is 24.8 Å². The fourth-order valence-corrected chi connectivity index (χ4v) is 2.53. The lowest BCUT2D eigenvalue weighted by Gasteiger charge is -2.16. The van der Waals surface area contributed by atoms with E-state index in [2.05, 4.69) is 31.6 Å². The summed E-state index contributed by atoms with van der Waals surface area (Å²) in [7, 11) is 0. The smallest absolute Gasteiger partial charge is 0.243 e. The summed E-state index contributed by atoms with van der Waals surface area (Å²) in [6.07, 6.45) is -1.45. The van der Waals surface area contributed by atoms with Crippen LogP contribution in [0.15, 0.2) is 24.1 Å². The summed E-state index contributed by atoms with van der Waals surface area (Å²) in [4.78, 5) is 14.1. The van der Waals surface area contributed by atoms with E-state index in [0.29, 0.717) is 0 Å². The highest BCUT2D eigenvalue weighted by molar-refractivity contribution is 5.77. The Morgan fingerprint density at radius 1 is 1.44 bits per heavy atom. The number of rotatable bonds is 6. The fraction of sp³-hybridized carbons (Fsp3) is 0.462. The van der Waals surface area contributed by atoms with Crippen LogP contribution in [0.4, 0.5) is 5.95 Å². The van der Waals surface area contributed by atoms with Crippen LogP contribution in [0.3, 0.4) is 0 Å². The first-order valence-corrected chi connectivity index (χ1v) is 7.25. The number of aromatic hydroxyl groups is 1. The van der Waals surface area contributed by atoms with Crippen LogP contribution >= 0.6 is 0 Å². The first kappa shape index (κ1) is 17.1. The number of hydrogen-bond acceptors (Lipinski definition) is 9. The van der Waals surface area contributed by atoms with Gasteiger partial charge in [-0.15, -0.1) is 6.58 Å². The van der Waals surface area contributed by atoms with E-state index in [9.17, 15) is 15.3 Å². The van der Waals surface area contributed by atoms with Crippen LogP contribution in [-0.2, 0) is 9.47 Å². The Hall–Kier alpha value is -2.76. The van der Waals surface area contributed by atoms with Gasteiger partial charge in [0.1, 0.15) is 18.3 Å². The molecule has 0 saturated carbocycles. The van der Waals surface area contributed by atoms with Crippen LogP contribution in [0.25, 0.3) is 21.6 Å². The zero-order valence-corrected chi connectivity index (χ0v) is 12.9. The van der Waals surface area contributed by atoms with Crippen molar-refractivity contribution in [2.75, 3.05) is 13.2 Å². The van der Waals surface area contributed by atoms with Crippen molar-refractivity contribution in [1.29, 1.82) is 0 Å². The van der Waals surface area contributed by atoms with Crippen molar-refractivity contribution in [3.63, 3.8) is 0 Å². The number of azide groups is 1. The van der Waals surface area contributed by atoms with Gasteiger partial charge in [0.05, 0.1) is 19.5 Å². The number of nitrogens with zero attached hydrogens (tertiary/aromatic N) is 7. The molecule has 0 bridgehead atoms. The largest absolute Gasteiger partial charge is 0.492 e. The SMILES string of the molecule is C=CCOC[C@H]1O[C@@H](n2cnc3c(O)nc(N=[N+]=[N-])nc32)[C@H](O)[C@@H]1O. The van der Waals surface area contributed by atoms with E-state index >= 15 is 0 Å². The van der Waals surface area contributed by atoms with E-state index in [1.54, 1.807) is 6.08 Å². The second-order valence-corrected chi connectivity index (χ2v) is 5.23. The molecule has 3 heterocycles. The van der Waals surface area contributed by atoms with E-state index in [1.807, 2.05) is 0 Å². The molecule has 0 unspecified atom stereocenters.